The van der Waals surface area contributed by atoms with Crippen molar-refractivity contribution in [3.8, 4) is 0 Å². The third-order valence-electron chi connectivity index (χ3n) is 2.88. The van der Waals surface area contributed by atoms with Crippen molar-refractivity contribution in [1.29, 1.82) is 0 Å². The van der Waals surface area contributed by atoms with E-state index in [1.165, 1.54) is 11.6 Å². The van der Waals surface area contributed by atoms with Crippen molar-refractivity contribution in [2.75, 3.05) is 5.32 Å². The predicted molar refractivity (Wildman–Crippen MR) is 77.4 cm³/mol. The molecule has 0 aliphatic carbocycles. The fraction of sp³-hybridized carbons (Fsp3) is 0.214. The molecule has 1 heterocycles. The van der Waals surface area contributed by atoms with E-state index < -0.39 is 5.91 Å². The zero-order chi connectivity index (χ0) is 14.9. The third-order valence-corrected chi connectivity index (χ3v) is 3.19. The Morgan fingerprint density at radius 3 is 2.55 bits per heavy atom. The van der Waals surface area contributed by atoms with Crippen LogP contribution >= 0.6 is 11.6 Å². The van der Waals surface area contributed by atoms with Crippen molar-refractivity contribution in [1.82, 2.24) is 9.78 Å². The smallest absolute Gasteiger partial charge is 0.276 e. The van der Waals surface area contributed by atoms with E-state index in [4.69, 9.17) is 11.6 Å². The summed E-state index contributed by atoms with van der Waals surface area (Å²) in [5, 5.41) is 7.15. The van der Waals surface area contributed by atoms with Crippen LogP contribution in [0.5, 0.6) is 0 Å². The molecule has 0 fully saturated rings. The van der Waals surface area contributed by atoms with Gasteiger partial charge in [0.05, 0.1) is 10.7 Å². The second kappa shape index (κ2) is 5.46. The first kappa shape index (κ1) is 14.3. The first-order valence-electron chi connectivity index (χ1n) is 6.04. The standard InChI is InChI=1S/C14H14ClN3O2/c1-8-5-4-6-11(15)13(8)16-14(20)12-7-9(2)18(17-12)10(3)19/h4-7H,1-3H3,(H,16,20). The number of aromatic nitrogens is 2. The molecule has 5 nitrogen and oxygen atoms in total. The van der Waals surface area contributed by atoms with Crippen LogP contribution in [0.2, 0.25) is 5.02 Å². The monoisotopic (exact) mass is 291 g/mol. The number of benzene rings is 1. The Kier molecular flexibility index (Phi) is 3.90. The van der Waals surface area contributed by atoms with Crippen LogP contribution in [0.3, 0.4) is 0 Å². The van der Waals surface area contributed by atoms with Gasteiger partial charge in [0, 0.05) is 12.6 Å². The molecule has 0 saturated heterocycles. The van der Waals surface area contributed by atoms with Crippen molar-refractivity contribution in [3.63, 3.8) is 0 Å². The second-order valence-corrected chi connectivity index (χ2v) is 4.89. The van der Waals surface area contributed by atoms with Crippen molar-refractivity contribution in [2.24, 2.45) is 0 Å². The lowest BCUT2D eigenvalue weighted by molar-refractivity contribution is 0.0918. The Morgan fingerprint density at radius 2 is 2.00 bits per heavy atom. The molecule has 1 aromatic carbocycles. The van der Waals surface area contributed by atoms with E-state index in [0.717, 1.165) is 5.56 Å². The van der Waals surface area contributed by atoms with Crippen LogP contribution in [0.1, 0.15) is 33.5 Å². The fourth-order valence-electron chi connectivity index (χ4n) is 1.87. The zero-order valence-corrected chi connectivity index (χ0v) is 12.2. The number of hydrogen-bond donors (Lipinski definition) is 1. The van der Waals surface area contributed by atoms with Gasteiger partial charge in [0.25, 0.3) is 5.91 Å². The highest BCUT2D eigenvalue weighted by Gasteiger charge is 2.16. The Balaban J connectivity index is 2.29. The van der Waals surface area contributed by atoms with Gasteiger partial charge in [-0.15, -0.1) is 0 Å². The number of amides is 1. The van der Waals surface area contributed by atoms with Gasteiger partial charge in [-0.2, -0.15) is 5.10 Å². The highest BCUT2D eigenvalue weighted by molar-refractivity contribution is 6.34. The van der Waals surface area contributed by atoms with Gasteiger partial charge in [-0.25, -0.2) is 4.68 Å². The van der Waals surface area contributed by atoms with Crippen molar-refractivity contribution in [2.45, 2.75) is 20.8 Å². The van der Waals surface area contributed by atoms with Crippen molar-refractivity contribution >= 4 is 29.1 Å². The van der Waals surface area contributed by atoms with Gasteiger partial charge < -0.3 is 5.32 Å². The molecule has 0 spiro atoms. The van der Waals surface area contributed by atoms with Crippen molar-refractivity contribution < 1.29 is 9.59 Å². The largest absolute Gasteiger partial charge is 0.319 e. The summed E-state index contributed by atoms with van der Waals surface area (Å²) >= 11 is 6.05. The Morgan fingerprint density at radius 1 is 1.30 bits per heavy atom. The molecule has 0 bridgehead atoms. The number of aryl methyl sites for hydroxylation is 2. The minimum atomic E-state index is -0.399. The van der Waals surface area contributed by atoms with E-state index in [1.54, 1.807) is 19.1 Å². The number of para-hydroxylation sites is 1. The number of hydrogen-bond acceptors (Lipinski definition) is 3. The minimum absolute atomic E-state index is 0.178. The summed E-state index contributed by atoms with van der Waals surface area (Å²) in [5.41, 5.74) is 2.19. The van der Waals surface area contributed by atoms with Gasteiger partial charge >= 0.3 is 0 Å². The molecule has 1 amide bonds. The lowest BCUT2D eigenvalue weighted by atomic mass is 10.2. The summed E-state index contributed by atoms with van der Waals surface area (Å²) in [6, 6.07) is 6.91. The summed E-state index contributed by atoms with van der Waals surface area (Å²) in [6.07, 6.45) is 0. The number of carbonyl (C=O) groups is 2. The molecule has 2 rings (SSSR count). The van der Waals surface area contributed by atoms with Crippen LogP contribution in [0.15, 0.2) is 24.3 Å². The molecule has 0 saturated carbocycles. The van der Waals surface area contributed by atoms with Crippen LogP contribution in [-0.2, 0) is 0 Å². The summed E-state index contributed by atoms with van der Waals surface area (Å²) in [5.74, 6) is -0.639. The number of nitrogens with one attached hydrogen (secondary N) is 1. The topological polar surface area (TPSA) is 64.0 Å². The van der Waals surface area contributed by atoms with Gasteiger partial charge in [0.2, 0.25) is 5.91 Å². The lowest BCUT2D eigenvalue weighted by Crippen LogP contribution is -2.15. The lowest BCUT2D eigenvalue weighted by Gasteiger charge is -2.08. The van der Waals surface area contributed by atoms with Crippen LogP contribution in [0.4, 0.5) is 5.69 Å². The van der Waals surface area contributed by atoms with Crippen molar-refractivity contribution in [3.05, 3.63) is 46.2 Å². The number of halogens is 1. The average molecular weight is 292 g/mol. The molecule has 0 atom stereocenters. The molecule has 0 aliphatic rings. The molecule has 6 heteroatoms. The predicted octanol–water partition coefficient (Wildman–Crippen LogP) is 3.07. The van der Waals surface area contributed by atoms with Gasteiger partial charge in [-0.05, 0) is 31.5 Å². The molecule has 1 N–H and O–H groups in total. The van der Waals surface area contributed by atoms with Gasteiger partial charge in [-0.1, -0.05) is 23.7 Å². The van der Waals surface area contributed by atoms with Crippen LogP contribution in [0, 0.1) is 13.8 Å². The molecule has 20 heavy (non-hydrogen) atoms. The summed E-state index contributed by atoms with van der Waals surface area (Å²) < 4.78 is 1.19. The van der Waals surface area contributed by atoms with Gasteiger partial charge in [0.15, 0.2) is 5.69 Å². The summed E-state index contributed by atoms with van der Waals surface area (Å²) in [7, 11) is 0. The van der Waals surface area contributed by atoms with E-state index in [2.05, 4.69) is 10.4 Å². The second-order valence-electron chi connectivity index (χ2n) is 4.49. The molecule has 0 unspecified atom stereocenters. The maximum absolute atomic E-state index is 12.1. The van der Waals surface area contributed by atoms with E-state index >= 15 is 0 Å². The number of anilines is 1. The maximum atomic E-state index is 12.1. The fourth-order valence-corrected chi connectivity index (χ4v) is 2.14. The molecule has 0 aliphatic heterocycles. The molecule has 1 aromatic heterocycles. The van der Waals surface area contributed by atoms with Crippen LogP contribution < -0.4 is 5.32 Å². The number of carbonyl (C=O) groups excluding carboxylic acids is 2. The first-order valence-corrected chi connectivity index (χ1v) is 6.42. The van der Waals surface area contributed by atoms with Gasteiger partial charge in [-0.3, -0.25) is 9.59 Å². The van der Waals surface area contributed by atoms with E-state index in [0.29, 0.717) is 16.4 Å². The van der Waals surface area contributed by atoms with Crippen LogP contribution in [-0.4, -0.2) is 21.6 Å². The average Bonchev–Trinajstić information content (AvgIpc) is 2.76. The maximum Gasteiger partial charge on any atom is 0.276 e. The third kappa shape index (κ3) is 2.72. The molecular formula is C14H14ClN3O2. The number of nitrogens with zero attached hydrogens (tertiary/aromatic N) is 2. The molecular weight excluding hydrogens is 278 g/mol. The molecule has 104 valence electrons. The van der Waals surface area contributed by atoms with E-state index in [1.807, 2.05) is 19.1 Å². The summed E-state index contributed by atoms with van der Waals surface area (Å²) in [4.78, 5) is 23.5. The summed E-state index contributed by atoms with van der Waals surface area (Å²) in [6.45, 7) is 4.95. The zero-order valence-electron chi connectivity index (χ0n) is 11.4. The number of rotatable bonds is 2. The molecule has 2 aromatic rings. The highest BCUT2D eigenvalue weighted by Crippen LogP contribution is 2.25. The Labute approximate surface area is 121 Å². The Hall–Kier alpha value is -2.14. The highest BCUT2D eigenvalue weighted by atomic mass is 35.5. The van der Waals surface area contributed by atoms with Crippen LogP contribution in [0.25, 0.3) is 0 Å². The SMILES string of the molecule is CC(=O)n1nc(C(=O)Nc2c(C)cccc2Cl)cc1C. The minimum Gasteiger partial charge on any atom is -0.319 e. The van der Waals surface area contributed by atoms with E-state index in [-0.39, 0.29) is 11.6 Å². The van der Waals surface area contributed by atoms with E-state index in [9.17, 15) is 9.59 Å². The Bertz CT molecular complexity index is 671. The quantitative estimate of drug-likeness (QED) is 0.925. The molecule has 0 radical (unpaired) electrons. The normalized spacial score (nSPS) is 10.4. The van der Waals surface area contributed by atoms with Gasteiger partial charge in [0.1, 0.15) is 0 Å². The first-order chi connectivity index (χ1) is 9.40.